The molecule has 1 fully saturated rings. The zero-order valence-corrected chi connectivity index (χ0v) is 19.1. The molecule has 1 N–H and O–H groups in total. The maximum Gasteiger partial charge on any atom is 0.244 e. The van der Waals surface area contributed by atoms with Gasteiger partial charge in [0.05, 0.1) is 11.9 Å². The lowest BCUT2D eigenvalue weighted by atomic mass is 10.1. The zero-order chi connectivity index (χ0) is 23.8. The van der Waals surface area contributed by atoms with Crippen molar-refractivity contribution < 1.29 is 14.4 Å². The number of hydrogen-bond acceptors (Lipinski definition) is 5. The number of amides is 2. The molecule has 8 heteroatoms. The number of ketones is 1. The molecular weight excluding hydrogens is 430 g/mol. The van der Waals surface area contributed by atoms with Crippen LogP contribution in [0.25, 0.3) is 0 Å². The lowest BCUT2D eigenvalue weighted by molar-refractivity contribution is -0.131. The van der Waals surface area contributed by atoms with Gasteiger partial charge in [0.15, 0.2) is 5.78 Å². The van der Waals surface area contributed by atoms with E-state index in [0.29, 0.717) is 24.3 Å². The van der Waals surface area contributed by atoms with Crippen molar-refractivity contribution in [3.63, 3.8) is 0 Å². The van der Waals surface area contributed by atoms with Crippen molar-refractivity contribution in [3.8, 4) is 0 Å². The molecule has 34 heavy (non-hydrogen) atoms. The first-order valence-corrected chi connectivity index (χ1v) is 11.6. The van der Waals surface area contributed by atoms with Gasteiger partial charge in [0.25, 0.3) is 0 Å². The molecule has 4 rings (SSSR count). The third kappa shape index (κ3) is 6.31. The van der Waals surface area contributed by atoms with E-state index in [2.05, 4.69) is 27.4 Å². The topological polar surface area (TPSA) is 87.5 Å². The summed E-state index contributed by atoms with van der Waals surface area (Å²) >= 11 is 0. The van der Waals surface area contributed by atoms with E-state index in [0.717, 1.165) is 19.5 Å². The van der Waals surface area contributed by atoms with E-state index in [1.807, 2.05) is 29.2 Å². The summed E-state index contributed by atoms with van der Waals surface area (Å²) in [5.41, 5.74) is 2.29. The fraction of sp³-hybridized carbons (Fsp3) is 0.308. The molecule has 3 aromatic rings. The Morgan fingerprint density at radius 1 is 0.853 bits per heavy atom. The fourth-order valence-corrected chi connectivity index (χ4v) is 4.04. The highest BCUT2D eigenvalue weighted by molar-refractivity contribution is 5.99. The second-order valence-electron chi connectivity index (χ2n) is 8.32. The van der Waals surface area contributed by atoms with E-state index < -0.39 is 0 Å². The Labute approximate surface area is 199 Å². The maximum atomic E-state index is 12.8. The van der Waals surface area contributed by atoms with Gasteiger partial charge in [-0.05, 0) is 18.6 Å². The molecule has 2 aromatic carbocycles. The van der Waals surface area contributed by atoms with E-state index >= 15 is 0 Å². The monoisotopic (exact) mass is 459 g/mol. The second-order valence-corrected chi connectivity index (χ2v) is 8.32. The van der Waals surface area contributed by atoms with Gasteiger partial charge >= 0.3 is 0 Å². The predicted molar refractivity (Wildman–Crippen MR) is 131 cm³/mol. The number of rotatable bonds is 8. The molecule has 0 spiro atoms. The number of hydrogen-bond donors (Lipinski definition) is 1. The van der Waals surface area contributed by atoms with Gasteiger partial charge in [-0.25, -0.2) is 0 Å². The molecule has 0 unspecified atom stereocenters. The maximum absolute atomic E-state index is 12.8. The van der Waals surface area contributed by atoms with Crippen molar-refractivity contribution in [1.29, 1.82) is 0 Å². The van der Waals surface area contributed by atoms with Crippen LogP contribution in [0.3, 0.4) is 0 Å². The van der Waals surface area contributed by atoms with Gasteiger partial charge in [-0.1, -0.05) is 48.5 Å². The lowest BCUT2D eigenvalue weighted by Gasteiger charge is -2.23. The minimum absolute atomic E-state index is 0.00402. The minimum atomic E-state index is -0.260. The number of Topliss-reactive ketones (excluding diaryl/α,β-unsaturated/α-hetero) is 1. The van der Waals surface area contributed by atoms with Crippen LogP contribution in [0.15, 0.2) is 73.1 Å². The Morgan fingerprint density at radius 3 is 2.35 bits per heavy atom. The predicted octanol–water partition coefficient (Wildman–Crippen LogP) is 3.22. The summed E-state index contributed by atoms with van der Waals surface area (Å²) in [6.07, 6.45) is 4.29. The molecule has 2 amide bonds. The number of para-hydroxylation sites is 1. The molecule has 176 valence electrons. The van der Waals surface area contributed by atoms with Crippen molar-refractivity contribution in [2.24, 2.45) is 0 Å². The van der Waals surface area contributed by atoms with Crippen LogP contribution in [0.5, 0.6) is 0 Å². The minimum Gasteiger partial charge on any atom is -0.370 e. The van der Waals surface area contributed by atoms with Crippen molar-refractivity contribution in [2.45, 2.75) is 25.8 Å². The average molecular weight is 460 g/mol. The standard InChI is InChI=1S/C26H29N5O3/c32-24(21-8-3-1-4-9-21)12-13-25(33)28-22-18-27-31(19-22)20-26(34)30-15-7-14-29(16-17-30)23-10-5-2-6-11-23/h1-6,8-11,18-19H,7,12-17,20H2,(H,28,33). The molecular formula is C26H29N5O3. The summed E-state index contributed by atoms with van der Waals surface area (Å²) in [6, 6.07) is 19.2. The number of anilines is 2. The number of nitrogens with one attached hydrogen (secondary N) is 1. The van der Waals surface area contributed by atoms with E-state index in [1.165, 1.54) is 16.6 Å². The molecule has 2 heterocycles. The summed E-state index contributed by atoms with van der Waals surface area (Å²) in [5.74, 6) is -0.326. The summed E-state index contributed by atoms with van der Waals surface area (Å²) in [5, 5.41) is 6.96. The van der Waals surface area contributed by atoms with Crippen molar-refractivity contribution in [2.75, 3.05) is 36.4 Å². The molecule has 8 nitrogen and oxygen atoms in total. The zero-order valence-electron chi connectivity index (χ0n) is 19.1. The molecule has 0 bridgehead atoms. The highest BCUT2D eigenvalue weighted by atomic mass is 16.2. The molecule has 1 aliphatic heterocycles. The van der Waals surface area contributed by atoms with Gasteiger partial charge < -0.3 is 15.1 Å². The van der Waals surface area contributed by atoms with Crippen molar-refractivity contribution in [1.82, 2.24) is 14.7 Å². The van der Waals surface area contributed by atoms with E-state index in [4.69, 9.17) is 0 Å². The summed E-state index contributed by atoms with van der Waals surface area (Å²) in [7, 11) is 0. The van der Waals surface area contributed by atoms with Crippen LogP contribution < -0.4 is 10.2 Å². The molecule has 0 atom stereocenters. The van der Waals surface area contributed by atoms with Gasteiger partial charge in [0, 0.05) is 56.5 Å². The highest BCUT2D eigenvalue weighted by Crippen LogP contribution is 2.16. The summed E-state index contributed by atoms with van der Waals surface area (Å²) < 4.78 is 1.53. The second kappa shape index (κ2) is 11.3. The molecule has 0 saturated carbocycles. The smallest absolute Gasteiger partial charge is 0.244 e. The summed E-state index contributed by atoms with van der Waals surface area (Å²) in [4.78, 5) is 41.4. The van der Waals surface area contributed by atoms with Crippen molar-refractivity contribution in [3.05, 3.63) is 78.6 Å². The summed E-state index contributed by atoms with van der Waals surface area (Å²) in [6.45, 7) is 3.20. The molecule has 1 aliphatic rings. The Hall–Kier alpha value is -3.94. The number of carbonyl (C=O) groups is 3. The lowest BCUT2D eigenvalue weighted by Crippen LogP contribution is -2.37. The van der Waals surface area contributed by atoms with Gasteiger partial charge in [0.1, 0.15) is 6.54 Å². The van der Waals surface area contributed by atoms with Crippen molar-refractivity contribution >= 4 is 29.0 Å². The molecule has 1 saturated heterocycles. The van der Waals surface area contributed by atoms with Gasteiger partial charge in [-0.2, -0.15) is 5.10 Å². The van der Waals surface area contributed by atoms with Crippen LogP contribution in [0, 0.1) is 0 Å². The number of benzene rings is 2. The largest absolute Gasteiger partial charge is 0.370 e. The van der Waals surface area contributed by atoms with Crippen LogP contribution in [0.1, 0.15) is 29.6 Å². The SMILES string of the molecule is O=C(CCC(=O)c1ccccc1)Nc1cnn(CC(=O)N2CCCN(c3ccccc3)CC2)c1. The normalized spacial score (nSPS) is 13.9. The number of nitrogens with zero attached hydrogens (tertiary/aromatic N) is 4. The van der Waals surface area contributed by atoms with E-state index in [1.54, 1.807) is 30.5 Å². The number of aromatic nitrogens is 2. The van der Waals surface area contributed by atoms with E-state index in [9.17, 15) is 14.4 Å². The Morgan fingerprint density at radius 2 is 1.59 bits per heavy atom. The molecule has 1 aromatic heterocycles. The highest BCUT2D eigenvalue weighted by Gasteiger charge is 2.20. The van der Waals surface area contributed by atoms with Gasteiger partial charge in [-0.15, -0.1) is 0 Å². The first-order chi connectivity index (χ1) is 16.6. The molecule has 0 radical (unpaired) electrons. The average Bonchev–Trinajstić information content (AvgIpc) is 3.14. The first kappa shape index (κ1) is 23.2. The van der Waals surface area contributed by atoms with Gasteiger partial charge in [0.2, 0.25) is 11.8 Å². The Balaban J connectivity index is 1.23. The van der Waals surface area contributed by atoms with Crippen LogP contribution >= 0.6 is 0 Å². The van der Waals surface area contributed by atoms with E-state index in [-0.39, 0.29) is 37.0 Å². The third-order valence-corrected chi connectivity index (χ3v) is 5.86. The van der Waals surface area contributed by atoms with Crippen LogP contribution in [0.2, 0.25) is 0 Å². The quantitative estimate of drug-likeness (QED) is 0.523. The fourth-order valence-electron chi connectivity index (χ4n) is 4.04. The van der Waals surface area contributed by atoms with Crippen LogP contribution in [-0.4, -0.2) is 58.5 Å². The third-order valence-electron chi connectivity index (χ3n) is 5.86. The van der Waals surface area contributed by atoms with Crippen LogP contribution in [0.4, 0.5) is 11.4 Å². The Bertz CT molecular complexity index is 1110. The first-order valence-electron chi connectivity index (χ1n) is 11.6. The molecule has 0 aliphatic carbocycles. The number of carbonyl (C=O) groups excluding carboxylic acids is 3. The van der Waals surface area contributed by atoms with Crippen LogP contribution in [-0.2, 0) is 16.1 Å². The Kier molecular flexibility index (Phi) is 7.70. The van der Waals surface area contributed by atoms with Gasteiger partial charge in [-0.3, -0.25) is 19.1 Å².